The van der Waals surface area contributed by atoms with Gasteiger partial charge >= 0.3 is 6.09 Å². The van der Waals surface area contributed by atoms with Crippen LogP contribution in [0.3, 0.4) is 0 Å². The van der Waals surface area contributed by atoms with Gasteiger partial charge in [0, 0.05) is 79.2 Å². The minimum atomic E-state index is -0.919. The van der Waals surface area contributed by atoms with E-state index in [2.05, 4.69) is 30.6 Å². The van der Waals surface area contributed by atoms with Crippen molar-refractivity contribution in [3.8, 4) is 11.3 Å². The van der Waals surface area contributed by atoms with Gasteiger partial charge in [-0.15, -0.1) is 0 Å². The second kappa shape index (κ2) is 11.2. The van der Waals surface area contributed by atoms with Gasteiger partial charge in [-0.05, 0) is 42.5 Å². The molecule has 1 saturated heterocycles. The van der Waals surface area contributed by atoms with E-state index in [1.54, 1.807) is 55.2 Å². The molecule has 4 aromatic heterocycles. The quantitative estimate of drug-likeness (QED) is 0.281. The van der Waals surface area contributed by atoms with Crippen LogP contribution in [0.1, 0.15) is 10.4 Å². The lowest BCUT2D eigenvalue weighted by Gasteiger charge is -2.33. The van der Waals surface area contributed by atoms with Crippen molar-refractivity contribution in [3.63, 3.8) is 0 Å². The largest absolute Gasteiger partial charge is 0.465 e. The van der Waals surface area contributed by atoms with Gasteiger partial charge in [0.2, 0.25) is 0 Å². The summed E-state index contributed by atoms with van der Waals surface area (Å²) in [6, 6.07) is 16.4. The molecule has 1 aliphatic rings. The predicted octanol–water partition coefficient (Wildman–Crippen LogP) is 4.28. The van der Waals surface area contributed by atoms with Crippen LogP contribution in [0.15, 0.2) is 85.6 Å². The number of fused-ring (bicyclic) bond motifs is 1. The number of aromatic nitrogens is 5. The van der Waals surface area contributed by atoms with Crippen LogP contribution >= 0.6 is 0 Å². The smallest absolute Gasteiger partial charge is 0.407 e. The monoisotopic (exact) mass is 547 g/mol. The molecule has 0 bridgehead atoms. The molecule has 1 aliphatic heterocycles. The number of nitrogens with one attached hydrogen (secondary N) is 2. The molecule has 0 saturated carbocycles. The lowest BCUT2D eigenvalue weighted by atomic mass is 10.1. The van der Waals surface area contributed by atoms with E-state index in [0.29, 0.717) is 54.8 Å². The van der Waals surface area contributed by atoms with Crippen LogP contribution in [-0.4, -0.2) is 73.1 Å². The number of carboxylic acid groups (broad SMARTS) is 1. The number of carbonyl (C=O) groups excluding carboxylic acids is 1. The number of hydrogen-bond acceptors (Lipinski definition) is 9. The first kappa shape index (κ1) is 25.6. The molecule has 6 rings (SSSR count). The third kappa shape index (κ3) is 5.86. The maximum Gasteiger partial charge on any atom is 0.407 e. The summed E-state index contributed by atoms with van der Waals surface area (Å²) in [6.45, 7) is 1.87. The van der Waals surface area contributed by atoms with Crippen LogP contribution in [0.5, 0.6) is 0 Å². The predicted molar refractivity (Wildman–Crippen MR) is 154 cm³/mol. The fourth-order valence-corrected chi connectivity index (χ4v) is 4.61. The molecule has 2 amide bonds. The number of benzene rings is 1. The van der Waals surface area contributed by atoms with Gasteiger partial charge in [0.05, 0.1) is 17.4 Å². The first-order valence-corrected chi connectivity index (χ1v) is 12.9. The lowest BCUT2D eigenvalue weighted by molar-refractivity contribution is 0.102. The Hall–Kier alpha value is -5.65. The number of nitrogens with zero attached hydrogens (tertiary/aromatic N) is 7. The van der Waals surface area contributed by atoms with Crippen LogP contribution in [0.2, 0.25) is 0 Å². The second-order valence-electron chi connectivity index (χ2n) is 9.37. The van der Waals surface area contributed by atoms with Crippen molar-refractivity contribution >= 4 is 46.0 Å². The zero-order chi connectivity index (χ0) is 28.2. The summed E-state index contributed by atoms with van der Waals surface area (Å²) >= 11 is 0. The van der Waals surface area contributed by atoms with E-state index in [-0.39, 0.29) is 5.91 Å². The zero-order valence-electron chi connectivity index (χ0n) is 21.8. The summed E-state index contributed by atoms with van der Waals surface area (Å²) in [5.41, 5.74) is 3.23. The van der Waals surface area contributed by atoms with Crippen molar-refractivity contribution in [2.45, 2.75) is 0 Å². The Morgan fingerprint density at radius 3 is 2.51 bits per heavy atom. The van der Waals surface area contributed by atoms with E-state index in [0.717, 1.165) is 22.3 Å². The van der Waals surface area contributed by atoms with Crippen molar-refractivity contribution < 1.29 is 14.7 Å². The van der Waals surface area contributed by atoms with Crippen LogP contribution in [0, 0.1) is 0 Å². The number of pyridine rings is 3. The first-order valence-electron chi connectivity index (χ1n) is 12.9. The highest BCUT2D eigenvalue weighted by Crippen LogP contribution is 2.28. The third-order valence-corrected chi connectivity index (χ3v) is 6.68. The number of hydrogen-bond donors (Lipinski definition) is 3. The standard InChI is InChI=1S/C29H25N9O3/c39-28(21-3-4-23-19(14-21)2-1-6-31-23)34-22-16-24(35-25(17-22)36-26-18-30-8-9-32-26)20-5-7-33-27(15-20)37-10-12-38(13-11-37)29(40)41/h1-9,14-18H,10-13H2,(H,40,41)(H2,32,34,35,36,39). The molecule has 1 aromatic carbocycles. The van der Waals surface area contributed by atoms with Crippen molar-refractivity contribution in [2.24, 2.45) is 0 Å². The maximum atomic E-state index is 13.3. The van der Waals surface area contributed by atoms with Crippen LogP contribution < -0.4 is 15.5 Å². The van der Waals surface area contributed by atoms with Gasteiger partial charge in [-0.25, -0.2) is 19.7 Å². The SMILES string of the molecule is O=C(Nc1cc(Nc2cnccn2)nc(-c2ccnc(N3CCN(C(=O)O)CC3)c2)c1)c1ccc2ncccc2c1. The van der Waals surface area contributed by atoms with Crippen molar-refractivity contribution in [2.75, 3.05) is 41.7 Å². The fourth-order valence-electron chi connectivity index (χ4n) is 4.61. The lowest BCUT2D eigenvalue weighted by Crippen LogP contribution is -2.48. The van der Waals surface area contributed by atoms with E-state index in [4.69, 9.17) is 4.98 Å². The highest BCUT2D eigenvalue weighted by atomic mass is 16.4. The molecule has 0 atom stereocenters. The molecule has 0 unspecified atom stereocenters. The van der Waals surface area contributed by atoms with E-state index in [9.17, 15) is 14.7 Å². The Kier molecular flexibility index (Phi) is 7.01. The van der Waals surface area contributed by atoms with Gasteiger partial charge in [0.15, 0.2) is 0 Å². The summed E-state index contributed by atoms with van der Waals surface area (Å²) in [6.07, 6.45) is 7.22. The summed E-state index contributed by atoms with van der Waals surface area (Å²) < 4.78 is 0. The molecule has 12 nitrogen and oxygen atoms in total. The third-order valence-electron chi connectivity index (χ3n) is 6.68. The molecule has 3 N–H and O–H groups in total. The van der Waals surface area contributed by atoms with Gasteiger partial charge in [-0.3, -0.25) is 14.8 Å². The van der Waals surface area contributed by atoms with E-state index in [1.165, 1.54) is 4.90 Å². The molecule has 1 fully saturated rings. The van der Waals surface area contributed by atoms with Crippen LogP contribution in [0.4, 0.5) is 27.9 Å². The Morgan fingerprint density at radius 1 is 0.829 bits per heavy atom. The molecular formula is C29H25N9O3. The Bertz CT molecular complexity index is 1720. The highest BCUT2D eigenvalue weighted by molar-refractivity contribution is 6.06. The van der Waals surface area contributed by atoms with Crippen LogP contribution in [0.25, 0.3) is 22.2 Å². The van der Waals surface area contributed by atoms with E-state index in [1.807, 2.05) is 35.2 Å². The van der Waals surface area contributed by atoms with Gasteiger partial charge in [-0.1, -0.05) is 6.07 Å². The van der Waals surface area contributed by atoms with Crippen molar-refractivity contribution in [1.82, 2.24) is 29.8 Å². The topological polar surface area (TPSA) is 149 Å². The van der Waals surface area contributed by atoms with Crippen molar-refractivity contribution in [1.29, 1.82) is 0 Å². The number of rotatable bonds is 6. The number of piperazine rings is 1. The molecule has 5 heterocycles. The van der Waals surface area contributed by atoms with Gasteiger partial charge in [0.1, 0.15) is 17.5 Å². The molecular weight excluding hydrogens is 522 g/mol. The molecule has 0 aliphatic carbocycles. The van der Waals surface area contributed by atoms with Gasteiger partial charge in [0.25, 0.3) is 5.91 Å². The average Bonchev–Trinajstić information content (AvgIpc) is 3.01. The number of carbonyl (C=O) groups is 2. The molecule has 0 radical (unpaired) electrons. The zero-order valence-corrected chi connectivity index (χ0v) is 21.8. The van der Waals surface area contributed by atoms with Gasteiger partial charge in [-0.2, -0.15) is 0 Å². The Balaban J connectivity index is 1.30. The minimum Gasteiger partial charge on any atom is -0.465 e. The van der Waals surface area contributed by atoms with E-state index >= 15 is 0 Å². The summed E-state index contributed by atoms with van der Waals surface area (Å²) in [5, 5.41) is 16.3. The molecule has 41 heavy (non-hydrogen) atoms. The Morgan fingerprint density at radius 2 is 1.71 bits per heavy atom. The fraction of sp³-hybridized carbons (Fsp3) is 0.138. The molecule has 0 spiro atoms. The highest BCUT2D eigenvalue weighted by Gasteiger charge is 2.21. The van der Waals surface area contributed by atoms with E-state index < -0.39 is 6.09 Å². The maximum absolute atomic E-state index is 13.3. The Labute approximate surface area is 234 Å². The first-order chi connectivity index (χ1) is 20.0. The minimum absolute atomic E-state index is 0.273. The summed E-state index contributed by atoms with van der Waals surface area (Å²) in [7, 11) is 0. The normalized spacial score (nSPS) is 13.2. The van der Waals surface area contributed by atoms with Gasteiger partial charge < -0.3 is 25.5 Å². The second-order valence-corrected chi connectivity index (χ2v) is 9.37. The summed E-state index contributed by atoms with van der Waals surface area (Å²) in [5.74, 6) is 1.42. The molecule has 12 heteroatoms. The molecule has 5 aromatic rings. The van der Waals surface area contributed by atoms with Crippen LogP contribution in [-0.2, 0) is 0 Å². The average molecular weight is 548 g/mol. The number of anilines is 4. The van der Waals surface area contributed by atoms with Crippen molar-refractivity contribution in [3.05, 3.63) is 91.1 Å². The number of amides is 2. The summed E-state index contributed by atoms with van der Waals surface area (Å²) in [4.78, 5) is 49.9. The molecule has 204 valence electrons.